The molecule has 0 heterocycles. The van der Waals surface area contributed by atoms with Crippen LogP contribution in [-0.4, -0.2) is 25.2 Å². The Kier molecular flexibility index (Phi) is 9.17. The van der Waals surface area contributed by atoms with E-state index in [-0.39, 0.29) is 19.2 Å². The fraction of sp³-hybridized carbons (Fsp3) is 0.655. The van der Waals surface area contributed by atoms with E-state index in [1.807, 2.05) is 0 Å². The van der Waals surface area contributed by atoms with Crippen LogP contribution >= 0.6 is 0 Å². The van der Waals surface area contributed by atoms with Crippen LogP contribution in [0, 0.1) is 23.2 Å². The van der Waals surface area contributed by atoms with Gasteiger partial charge in [0.25, 0.3) is 0 Å². The summed E-state index contributed by atoms with van der Waals surface area (Å²) in [4.78, 5) is 23.6. The first kappa shape index (κ1) is 25.5. The lowest BCUT2D eigenvalue weighted by molar-refractivity contribution is -0.156. The van der Waals surface area contributed by atoms with Gasteiger partial charge in [0.15, 0.2) is 0 Å². The standard InChI is InChI=1S/C29H42O4/c1-21-5-10-23(11-6-21)25-14-16-26(17-15-25)24-12-7-22(8-13-24)9-18-27(30)32-19-20-33-28(31)29(2,3)4/h7-9,12-13,18,21,23,25-26H,5-6,10-11,14-17,19-20H2,1-4H3/b18-9+. The summed E-state index contributed by atoms with van der Waals surface area (Å²) >= 11 is 0. The number of hydrogen-bond acceptors (Lipinski definition) is 4. The minimum absolute atomic E-state index is 0.0620. The molecule has 1 aromatic carbocycles. The molecule has 4 nitrogen and oxygen atoms in total. The Balaban J connectivity index is 1.38. The number of esters is 2. The van der Waals surface area contributed by atoms with Gasteiger partial charge < -0.3 is 9.47 Å². The second kappa shape index (κ2) is 11.9. The molecule has 0 spiro atoms. The van der Waals surface area contributed by atoms with Crippen molar-refractivity contribution in [2.24, 2.45) is 23.2 Å². The van der Waals surface area contributed by atoms with E-state index < -0.39 is 11.4 Å². The molecule has 1 aromatic rings. The fourth-order valence-corrected chi connectivity index (χ4v) is 5.27. The largest absolute Gasteiger partial charge is 0.462 e. The predicted octanol–water partition coefficient (Wildman–Crippen LogP) is 6.93. The minimum Gasteiger partial charge on any atom is -0.462 e. The molecule has 2 aliphatic rings. The summed E-state index contributed by atoms with van der Waals surface area (Å²) in [5, 5.41) is 0. The number of rotatable bonds is 7. The summed E-state index contributed by atoms with van der Waals surface area (Å²) in [6, 6.07) is 8.59. The van der Waals surface area contributed by atoms with Crippen molar-refractivity contribution in [2.45, 2.75) is 85.0 Å². The highest BCUT2D eigenvalue weighted by atomic mass is 16.6. The first-order valence-corrected chi connectivity index (χ1v) is 12.8. The summed E-state index contributed by atoms with van der Waals surface area (Å²) in [7, 11) is 0. The van der Waals surface area contributed by atoms with Gasteiger partial charge in [0.1, 0.15) is 13.2 Å². The fourth-order valence-electron chi connectivity index (χ4n) is 5.27. The minimum atomic E-state index is -0.552. The Labute approximate surface area is 200 Å². The van der Waals surface area contributed by atoms with E-state index in [1.165, 1.54) is 63.0 Å². The first-order valence-electron chi connectivity index (χ1n) is 12.8. The van der Waals surface area contributed by atoms with Crippen LogP contribution in [0.2, 0.25) is 0 Å². The van der Waals surface area contributed by atoms with Gasteiger partial charge in [0.05, 0.1) is 5.41 Å². The zero-order chi connectivity index (χ0) is 23.8. The van der Waals surface area contributed by atoms with Gasteiger partial charge in [-0.3, -0.25) is 4.79 Å². The van der Waals surface area contributed by atoms with Crippen LogP contribution in [0.25, 0.3) is 6.08 Å². The van der Waals surface area contributed by atoms with E-state index in [4.69, 9.17) is 9.47 Å². The van der Waals surface area contributed by atoms with Crippen LogP contribution in [-0.2, 0) is 19.1 Å². The van der Waals surface area contributed by atoms with Crippen LogP contribution in [0.5, 0.6) is 0 Å². The number of carbonyl (C=O) groups is 2. The van der Waals surface area contributed by atoms with Crippen molar-refractivity contribution < 1.29 is 19.1 Å². The maximum Gasteiger partial charge on any atom is 0.330 e. The summed E-state index contributed by atoms with van der Waals surface area (Å²) < 4.78 is 10.2. The first-order chi connectivity index (χ1) is 15.7. The van der Waals surface area contributed by atoms with Gasteiger partial charge in [-0.15, -0.1) is 0 Å². The van der Waals surface area contributed by atoms with Crippen molar-refractivity contribution in [3.05, 3.63) is 41.5 Å². The van der Waals surface area contributed by atoms with Gasteiger partial charge in [-0.25, -0.2) is 4.79 Å². The Morgan fingerprint density at radius 1 is 0.848 bits per heavy atom. The predicted molar refractivity (Wildman–Crippen MR) is 133 cm³/mol. The summed E-state index contributed by atoms with van der Waals surface area (Å²) in [5.74, 6) is 2.79. The molecule has 2 aliphatic carbocycles. The van der Waals surface area contributed by atoms with Crippen LogP contribution in [0.15, 0.2) is 30.3 Å². The lowest BCUT2D eigenvalue weighted by Crippen LogP contribution is -2.24. The highest BCUT2D eigenvalue weighted by molar-refractivity contribution is 5.87. The lowest BCUT2D eigenvalue weighted by Gasteiger charge is -2.37. The third-order valence-electron chi connectivity index (χ3n) is 7.49. The molecular weight excluding hydrogens is 412 g/mol. The highest BCUT2D eigenvalue weighted by Gasteiger charge is 2.30. The molecule has 0 aromatic heterocycles. The van der Waals surface area contributed by atoms with Crippen molar-refractivity contribution in [2.75, 3.05) is 13.2 Å². The number of hydrogen-bond donors (Lipinski definition) is 0. The molecule has 0 radical (unpaired) electrons. The quantitative estimate of drug-likeness (QED) is 0.255. The Hall–Kier alpha value is -2.10. The molecule has 0 N–H and O–H groups in total. The molecule has 0 bridgehead atoms. The van der Waals surface area contributed by atoms with Crippen molar-refractivity contribution in [3.8, 4) is 0 Å². The van der Waals surface area contributed by atoms with Gasteiger partial charge in [0.2, 0.25) is 0 Å². The van der Waals surface area contributed by atoms with Gasteiger partial charge in [-0.2, -0.15) is 0 Å². The van der Waals surface area contributed by atoms with Crippen LogP contribution in [0.1, 0.15) is 96.1 Å². The van der Waals surface area contributed by atoms with Gasteiger partial charge in [-0.1, -0.05) is 44.0 Å². The molecule has 33 heavy (non-hydrogen) atoms. The molecular formula is C29H42O4. The average molecular weight is 455 g/mol. The summed E-state index contributed by atoms with van der Waals surface area (Å²) in [6.45, 7) is 7.91. The topological polar surface area (TPSA) is 52.6 Å². The van der Waals surface area contributed by atoms with Crippen LogP contribution in [0.4, 0.5) is 0 Å². The molecule has 0 aliphatic heterocycles. The molecule has 0 amide bonds. The molecule has 3 rings (SSSR count). The maximum atomic E-state index is 11.9. The lowest BCUT2D eigenvalue weighted by atomic mass is 9.68. The number of benzene rings is 1. The Morgan fingerprint density at radius 2 is 1.39 bits per heavy atom. The van der Waals surface area contributed by atoms with Gasteiger partial charge >= 0.3 is 11.9 Å². The SMILES string of the molecule is CC1CCC(C2CCC(c3ccc(/C=C/C(=O)OCCOC(=O)C(C)(C)C)cc3)CC2)CC1. The molecule has 0 unspecified atom stereocenters. The zero-order valence-electron chi connectivity index (χ0n) is 21.0. The van der Waals surface area contributed by atoms with E-state index in [0.717, 1.165) is 23.3 Å². The maximum absolute atomic E-state index is 11.9. The van der Waals surface area contributed by atoms with E-state index in [2.05, 4.69) is 31.2 Å². The molecule has 0 atom stereocenters. The molecule has 2 fully saturated rings. The van der Waals surface area contributed by atoms with Gasteiger partial charge in [-0.05, 0) is 100 Å². The van der Waals surface area contributed by atoms with Crippen LogP contribution in [0.3, 0.4) is 0 Å². The molecule has 0 saturated heterocycles. The monoisotopic (exact) mass is 454 g/mol. The zero-order valence-corrected chi connectivity index (χ0v) is 21.0. The molecule has 2 saturated carbocycles. The molecule has 182 valence electrons. The number of carbonyl (C=O) groups excluding carboxylic acids is 2. The second-order valence-corrected chi connectivity index (χ2v) is 11.2. The van der Waals surface area contributed by atoms with Crippen molar-refractivity contribution in [3.63, 3.8) is 0 Å². The van der Waals surface area contributed by atoms with E-state index in [1.54, 1.807) is 26.8 Å². The normalized spacial score (nSPS) is 26.2. The molecule has 4 heteroatoms. The van der Waals surface area contributed by atoms with Gasteiger partial charge in [0, 0.05) is 6.08 Å². The van der Waals surface area contributed by atoms with Crippen molar-refractivity contribution in [1.82, 2.24) is 0 Å². The smallest absolute Gasteiger partial charge is 0.330 e. The van der Waals surface area contributed by atoms with Crippen molar-refractivity contribution >= 4 is 18.0 Å². The number of ether oxygens (including phenoxy) is 2. The van der Waals surface area contributed by atoms with Crippen molar-refractivity contribution in [1.29, 1.82) is 0 Å². The third kappa shape index (κ3) is 8.01. The third-order valence-corrected chi connectivity index (χ3v) is 7.49. The second-order valence-electron chi connectivity index (χ2n) is 11.2. The van der Waals surface area contributed by atoms with E-state index in [9.17, 15) is 9.59 Å². The Bertz CT molecular complexity index is 786. The highest BCUT2D eigenvalue weighted by Crippen LogP contribution is 2.43. The summed E-state index contributed by atoms with van der Waals surface area (Å²) in [6.07, 6.45) is 14.3. The average Bonchev–Trinajstić information content (AvgIpc) is 2.81. The van der Waals surface area contributed by atoms with E-state index >= 15 is 0 Å². The van der Waals surface area contributed by atoms with E-state index in [0.29, 0.717) is 5.92 Å². The summed E-state index contributed by atoms with van der Waals surface area (Å²) in [5.41, 5.74) is 1.86. The Morgan fingerprint density at radius 3 is 1.97 bits per heavy atom. The van der Waals surface area contributed by atoms with Crippen LogP contribution < -0.4 is 0 Å².